The van der Waals surface area contributed by atoms with E-state index in [0.29, 0.717) is 18.7 Å². The van der Waals surface area contributed by atoms with Crippen LogP contribution in [0, 0.1) is 11.8 Å². The van der Waals surface area contributed by atoms with Crippen molar-refractivity contribution in [2.24, 2.45) is 11.8 Å². The molecule has 2 aliphatic heterocycles. The fourth-order valence-corrected chi connectivity index (χ4v) is 8.00. The van der Waals surface area contributed by atoms with Crippen LogP contribution in [0.5, 0.6) is 0 Å². The van der Waals surface area contributed by atoms with Gasteiger partial charge in [-0.2, -0.15) is 4.31 Å². The summed E-state index contributed by atoms with van der Waals surface area (Å²) in [6.45, 7) is 2.09. The van der Waals surface area contributed by atoms with Gasteiger partial charge in [0.1, 0.15) is 6.04 Å². The Bertz CT molecular complexity index is 1410. The van der Waals surface area contributed by atoms with Crippen LogP contribution < -0.4 is 16.0 Å². The summed E-state index contributed by atoms with van der Waals surface area (Å²) in [5.74, 6) is -1.53. The maximum absolute atomic E-state index is 14.3. The van der Waals surface area contributed by atoms with Gasteiger partial charge in [-0.15, -0.1) is 0 Å². The van der Waals surface area contributed by atoms with E-state index < -0.39 is 40.1 Å². The Hall–Kier alpha value is -3.02. The highest BCUT2D eigenvalue weighted by Crippen LogP contribution is 2.39. The summed E-state index contributed by atoms with van der Waals surface area (Å²) in [5, 5.41) is 11.0. The predicted molar refractivity (Wildman–Crippen MR) is 159 cm³/mol. The van der Waals surface area contributed by atoms with Crippen molar-refractivity contribution in [2.75, 3.05) is 31.7 Å². The van der Waals surface area contributed by atoms with E-state index in [1.54, 1.807) is 18.9 Å². The number of hydrogen-bond acceptors (Lipinski definition) is 6. The number of amides is 3. The van der Waals surface area contributed by atoms with Gasteiger partial charge >= 0.3 is 0 Å². The van der Waals surface area contributed by atoms with Crippen LogP contribution in [-0.4, -0.2) is 85.9 Å². The number of anilines is 1. The third-order valence-corrected chi connectivity index (χ3v) is 10.4. The van der Waals surface area contributed by atoms with E-state index in [1.807, 2.05) is 42.5 Å². The zero-order valence-electron chi connectivity index (χ0n) is 24.0. The molecule has 0 bridgehead atoms. The highest BCUT2D eigenvalue weighted by Gasteiger charge is 2.56. The van der Waals surface area contributed by atoms with Crippen LogP contribution in [-0.2, 0) is 24.4 Å². The van der Waals surface area contributed by atoms with E-state index in [4.69, 9.17) is 0 Å². The lowest BCUT2D eigenvalue weighted by atomic mass is 9.83. The molecule has 2 heterocycles. The molecule has 10 nitrogen and oxygen atoms in total. The number of fused-ring (bicyclic) bond motifs is 2. The van der Waals surface area contributed by atoms with E-state index in [1.165, 1.54) is 4.31 Å². The molecule has 3 aliphatic rings. The standard InChI is InChI=1S/C30H41N5O5S/c1-19(31-2)28(36)33-26(21-10-5-4-6-11-21)30(38)34-16-15-25-27(34)24(18-35(25)41(3,39)40)29(37)32-23-14-13-20-9-7-8-12-22(20)17-23/h7-9,12-14,17,19,21,24-27,31H,4-6,10-11,15-16,18H2,1-3H3,(H,32,37)(H,33,36). The molecule has 0 aromatic heterocycles. The van der Waals surface area contributed by atoms with Crippen molar-refractivity contribution in [1.82, 2.24) is 19.8 Å². The third-order valence-electron chi connectivity index (χ3n) is 9.15. The lowest BCUT2D eigenvalue weighted by Crippen LogP contribution is -2.58. The van der Waals surface area contributed by atoms with Crippen molar-refractivity contribution in [1.29, 1.82) is 0 Å². The van der Waals surface area contributed by atoms with Crippen LogP contribution >= 0.6 is 0 Å². The fourth-order valence-electron chi connectivity index (χ4n) is 6.85. The molecule has 11 heteroatoms. The summed E-state index contributed by atoms with van der Waals surface area (Å²) < 4.78 is 27.0. The zero-order chi connectivity index (χ0) is 29.3. The third kappa shape index (κ3) is 6.12. The van der Waals surface area contributed by atoms with Gasteiger partial charge < -0.3 is 20.9 Å². The van der Waals surface area contributed by atoms with Crippen LogP contribution in [0.3, 0.4) is 0 Å². The minimum Gasteiger partial charge on any atom is -0.343 e. The van der Waals surface area contributed by atoms with E-state index in [0.717, 1.165) is 49.1 Å². The summed E-state index contributed by atoms with van der Waals surface area (Å²) in [6.07, 6.45) is 6.38. The largest absolute Gasteiger partial charge is 0.343 e. The molecule has 1 saturated carbocycles. The summed E-state index contributed by atoms with van der Waals surface area (Å²) in [4.78, 5) is 42.6. The molecule has 1 aliphatic carbocycles. The minimum absolute atomic E-state index is 0.000552. The van der Waals surface area contributed by atoms with E-state index >= 15 is 0 Å². The van der Waals surface area contributed by atoms with Crippen LogP contribution in [0.15, 0.2) is 42.5 Å². The number of rotatable bonds is 8. The summed E-state index contributed by atoms with van der Waals surface area (Å²) in [6, 6.07) is 11.2. The Morgan fingerprint density at radius 1 is 0.976 bits per heavy atom. The van der Waals surface area contributed by atoms with Gasteiger partial charge in [0.2, 0.25) is 27.7 Å². The van der Waals surface area contributed by atoms with Gasteiger partial charge in [-0.25, -0.2) is 8.42 Å². The SMILES string of the molecule is CNC(C)C(=O)NC(C(=O)N1CCC2C1C(C(=O)Nc1ccc3ccccc3c1)CN2S(C)(=O)=O)C1CCCCC1. The molecule has 5 unspecified atom stereocenters. The summed E-state index contributed by atoms with van der Waals surface area (Å²) in [5.41, 5.74) is 0.618. The Morgan fingerprint density at radius 3 is 2.37 bits per heavy atom. The lowest BCUT2D eigenvalue weighted by molar-refractivity contribution is -0.140. The Balaban J connectivity index is 1.42. The monoisotopic (exact) mass is 583 g/mol. The highest BCUT2D eigenvalue weighted by atomic mass is 32.2. The average molecular weight is 584 g/mol. The maximum atomic E-state index is 14.3. The van der Waals surface area contributed by atoms with Crippen LogP contribution in [0.25, 0.3) is 10.8 Å². The van der Waals surface area contributed by atoms with Crippen LogP contribution in [0.1, 0.15) is 45.4 Å². The summed E-state index contributed by atoms with van der Waals surface area (Å²) >= 11 is 0. The Morgan fingerprint density at radius 2 is 1.68 bits per heavy atom. The molecule has 2 aromatic carbocycles. The first-order valence-corrected chi connectivity index (χ1v) is 16.5. The molecule has 2 saturated heterocycles. The topological polar surface area (TPSA) is 128 Å². The molecule has 0 spiro atoms. The van der Waals surface area contributed by atoms with Crippen molar-refractivity contribution in [2.45, 2.75) is 69.6 Å². The maximum Gasteiger partial charge on any atom is 0.245 e. The summed E-state index contributed by atoms with van der Waals surface area (Å²) in [7, 11) is -1.91. The number of nitrogens with one attached hydrogen (secondary N) is 3. The molecule has 5 rings (SSSR count). The molecular formula is C30H41N5O5S. The van der Waals surface area contributed by atoms with Gasteiger partial charge in [0, 0.05) is 24.8 Å². The first-order valence-electron chi connectivity index (χ1n) is 14.6. The number of sulfonamides is 1. The second kappa shape index (κ2) is 12.1. The number of likely N-dealkylation sites (tertiary alicyclic amines) is 1. The lowest BCUT2D eigenvalue weighted by Gasteiger charge is -2.36. The average Bonchev–Trinajstić information content (AvgIpc) is 3.56. The molecule has 2 aromatic rings. The Labute approximate surface area is 242 Å². The predicted octanol–water partition coefficient (Wildman–Crippen LogP) is 2.31. The molecule has 5 atom stereocenters. The van der Waals surface area contributed by atoms with Crippen molar-refractivity contribution < 1.29 is 22.8 Å². The van der Waals surface area contributed by atoms with Gasteiger partial charge in [-0.3, -0.25) is 14.4 Å². The number of carbonyl (C=O) groups excluding carboxylic acids is 3. The molecule has 0 radical (unpaired) electrons. The molecule has 3 fully saturated rings. The van der Waals surface area contributed by atoms with Gasteiger partial charge in [0.15, 0.2) is 0 Å². The van der Waals surface area contributed by atoms with Crippen molar-refractivity contribution in [3.05, 3.63) is 42.5 Å². The number of carbonyl (C=O) groups is 3. The zero-order valence-corrected chi connectivity index (χ0v) is 24.8. The number of hydrogen-bond donors (Lipinski definition) is 3. The second-order valence-corrected chi connectivity index (χ2v) is 13.7. The van der Waals surface area contributed by atoms with Crippen molar-refractivity contribution in [3.63, 3.8) is 0 Å². The normalized spacial score (nSPS) is 25.0. The number of benzene rings is 2. The molecule has 3 amide bonds. The smallest absolute Gasteiger partial charge is 0.245 e. The van der Waals surface area contributed by atoms with E-state index in [9.17, 15) is 22.8 Å². The van der Waals surface area contributed by atoms with Gasteiger partial charge in [-0.1, -0.05) is 49.6 Å². The van der Waals surface area contributed by atoms with Gasteiger partial charge in [0.05, 0.1) is 24.3 Å². The second-order valence-electron chi connectivity index (χ2n) is 11.8. The van der Waals surface area contributed by atoms with Gasteiger partial charge in [0.25, 0.3) is 0 Å². The molecule has 41 heavy (non-hydrogen) atoms. The fraction of sp³-hybridized carbons (Fsp3) is 0.567. The molecular weight excluding hydrogens is 542 g/mol. The van der Waals surface area contributed by atoms with Crippen molar-refractivity contribution >= 4 is 44.2 Å². The first-order chi connectivity index (χ1) is 19.6. The number of likely N-dealkylation sites (N-methyl/N-ethyl adjacent to an activating group) is 1. The molecule has 3 N–H and O–H groups in total. The van der Waals surface area contributed by atoms with E-state index in [2.05, 4.69) is 16.0 Å². The number of nitrogens with zero attached hydrogens (tertiary/aromatic N) is 2. The van der Waals surface area contributed by atoms with Crippen molar-refractivity contribution in [3.8, 4) is 0 Å². The van der Waals surface area contributed by atoms with Crippen LogP contribution in [0.4, 0.5) is 5.69 Å². The van der Waals surface area contributed by atoms with Gasteiger partial charge in [-0.05, 0) is 62.1 Å². The first kappa shape index (κ1) is 29.5. The quantitative estimate of drug-likeness (QED) is 0.438. The minimum atomic E-state index is -3.61. The van der Waals surface area contributed by atoms with E-state index in [-0.39, 0.29) is 30.2 Å². The molecule has 222 valence electrons. The highest BCUT2D eigenvalue weighted by molar-refractivity contribution is 7.88. The van der Waals surface area contributed by atoms with Crippen LogP contribution in [0.2, 0.25) is 0 Å². The Kier molecular flexibility index (Phi) is 8.68.